The van der Waals surface area contributed by atoms with Gasteiger partial charge in [0, 0.05) is 37.9 Å². The van der Waals surface area contributed by atoms with Gasteiger partial charge in [-0.25, -0.2) is 13.4 Å². The molecule has 1 saturated heterocycles. The molecular weight excluding hydrogens is 308 g/mol. The van der Waals surface area contributed by atoms with E-state index in [1.807, 2.05) is 0 Å². The van der Waals surface area contributed by atoms with Crippen molar-refractivity contribution in [2.45, 2.75) is 18.0 Å². The van der Waals surface area contributed by atoms with Crippen molar-refractivity contribution in [3.63, 3.8) is 0 Å². The van der Waals surface area contributed by atoms with E-state index >= 15 is 0 Å². The molecule has 0 amide bonds. The Morgan fingerprint density at radius 3 is 2.85 bits per heavy atom. The highest BCUT2D eigenvalue weighted by molar-refractivity contribution is 7.89. The predicted octanol–water partition coefficient (Wildman–Crippen LogP) is 0.394. The fourth-order valence-electron chi connectivity index (χ4n) is 2.01. The van der Waals surface area contributed by atoms with E-state index in [9.17, 15) is 18.5 Å². The lowest BCUT2D eigenvalue weighted by atomic mass is 10.3. The maximum atomic E-state index is 12.5. The molecule has 0 aliphatic carbocycles. The third kappa shape index (κ3) is 3.06. The lowest BCUT2D eigenvalue weighted by Crippen LogP contribution is -2.52. The highest BCUT2D eigenvalue weighted by Gasteiger charge is 2.36. The molecule has 1 atom stereocenters. The van der Waals surface area contributed by atoms with Gasteiger partial charge in [-0.15, -0.1) is 12.4 Å². The van der Waals surface area contributed by atoms with Crippen LogP contribution in [0.4, 0.5) is 5.69 Å². The first-order chi connectivity index (χ1) is 8.94. The lowest BCUT2D eigenvalue weighted by Gasteiger charge is -2.32. The zero-order valence-electron chi connectivity index (χ0n) is 10.7. The van der Waals surface area contributed by atoms with Crippen molar-refractivity contribution in [1.82, 2.24) is 14.6 Å². The molecule has 0 aromatic carbocycles. The van der Waals surface area contributed by atoms with E-state index in [-0.39, 0.29) is 25.0 Å². The Kier molecular flexibility index (Phi) is 5.40. The Morgan fingerprint density at radius 1 is 1.55 bits per heavy atom. The maximum Gasteiger partial charge on any atom is 0.308 e. The number of pyridine rings is 1. The van der Waals surface area contributed by atoms with Gasteiger partial charge in [-0.05, 0) is 13.0 Å². The van der Waals surface area contributed by atoms with Gasteiger partial charge in [0.05, 0.1) is 4.92 Å². The molecule has 1 N–H and O–H groups in total. The van der Waals surface area contributed by atoms with Crippen LogP contribution in [0.3, 0.4) is 0 Å². The molecule has 2 heterocycles. The average Bonchev–Trinajstić information content (AvgIpc) is 2.39. The third-order valence-electron chi connectivity index (χ3n) is 2.94. The molecule has 8 nitrogen and oxygen atoms in total. The Bertz CT molecular complexity index is 595. The van der Waals surface area contributed by atoms with Gasteiger partial charge in [-0.2, -0.15) is 4.31 Å². The quantitative estimate of drug-likeness (QED) is 0.637. The first-order valence-corrected chi connectivity index (χ1v) is 7.20. The van der Waals surface area contributed by atoms with Crippen molar-refractivity contribution < 1.29 is 13.3 Å². The molecule has 0 saturated carbocycles. The summed E-state index contributed by atoms with van der Waals surface area (Å²) in [7, 11) is -3.95. The van der Waals surface area contributed by atoms with Crippen LogP contribution >= 0.6 is 12.4 Å². The van der Waals surface area contributed by atoms with Gasteiger partial charge in [-0.1, -0.05) is 0 Å². The fraction of sp³-hybridized carbons (Fsp3) is 0.500. The molecular formula is C10H15ClN4O4S. The van der Waals surface area contributed by atoms with Crippen LogP contribution in [0.2, 0.25) is 0 Å². The normalized spacial score (nSPS) is 20.1. The SMILES string of the molecule is CC1CNCCN1S(=O)(=O)c1ncccc1[N+](=O)[O-].Cl. The molecule has 20 heavy (non-hydrogen) atoms. The van der Waals surface area contributed by atoms with E-state index in [0.29, 0.717) is 13.1 Å². The van der Waals surface area contributed by atoms with Crippen molar-refractivity contribution >= 4 is 28.1 Å². The second kappa shape index (κ2) is 6.44. The number of nitrogens with zero attached hydrogens (tertiary/aromatic N) is 3. The Labute approximate surface area is 122 Å². The summed E-state index contributed by atoms with van der Waals surface area (Å²) in [5.74, 6) is 0. The number of piperazine rings is 1. The predicted molar refractivity (Wildman–Crippen MR) is 74.4 cm³/mol. The molecule has 0 radical (unpaired) electrons. The minimum absolute atomic E-state index is 0. The Hall–Kier alpha value is -1.29. The van der Waals surface area contributed by atoms with Crippen molar-refractivity contribution in [3.8, 4) is 0 Å². The molecule has 112 valence electrons. The molecule has 1 aliphatic heterocycles. The van der Waals surface area contributed by atoms with Crippen molar-refractivity contribution in [2.75, 3.05) is 19.6 Å². The van der Waals surface area contributed by atoms with Crippen LogP contribution in [0.15, 0.2) is 23.4 Å². The Morgan fingerprint density at radius 2 is 2.25 bits per heavy atom. The van der Waals surface area contributed by atoms with Gasteiger partial charge in [0.2, 0.25) is 5.03 Å². The summed E-state index contributed by atoms with van der Waals surface area (Å²) in [5, 5.41) is 13.5. The lowest BCUT2D eigenvalue weighted by molar-refractivity contribution is -0.388. The van der Waals surface area contributed by atoms with E-state index in [0.717, 1.165) is 6.07 Å². The molecule has 1 aromatic rings. The summed E-state index contributed by atoms with van der Waals surface area (Å²) in [4.78, 5) is 13.9. The number of nitrogens with one attached hydrogen (secondary N) is 1. The van der Waals surface area contributed by atoms with Gasteiger partial charge in [0.25, 0.3) is 10.0 Å². The van der Waals surface area contributed by atoms with Crippen LogP contribution in [-0.4, -0.2) is 48.3 Å². The topological polar surface area (TPSA) is 105 Å². The molecule has 10 heteroatoms. The van der Waals surface area contributed by atoms with Crippen LogP contribution in [0, 0.1) is 10.1 Å². The van der Waals surface area contributed by atoms with Crippen LogP contribution in [0.25, 0.3) is 0 Å². The summed E-state index contributed by atoms with van der Waals surface area (Å²) in [5.41, 5.74) is -0.492. The van der Waals surface area contributed by atoms with Crippen molar-refractivity contribution in [1.29, 1.82) is 0 Å². The average molecular weight is 323 g/mol. The molecule has 0 bridgehead atoms. The summed E-state index contributed by atoms with van der Waals surface area (Å²) >= 11 is 0. The van der Waals surface area contributed by atoms with Gasteiger partial charge in [0.1, 0.15) is 0 Å². The smallest absolute Gasteiger partial charge is 0.308 e. The van der Waals surface area contributed by atoms with Gasteiger partial charge in [0.15, 0.2) is 0 Å². The van der Waals surface area contributed by atoms with E-state index in [1.54, 1.807) is 6.92 Å². The number of halogens is 1. The van der Waals surface area contributed by atoms with Crippen molar-refractivity contribution in [2.24, 2.45) is 0 Å². The zero-order chi connectivity index (χ0) is 14.0. The molecule has 1 aromatic heterocycles. The van der Waals surface area contributed by atoms with E-state index in [2.05, 4.69) is 10.3 Å². The number of sulfonamides is 1. The van der Waals surface area contributed by atoms with Crippen LogP contribution < -0.4 is 5.32 Å². The first-order valence-electron chi connectivity index (χ1n) is 5.76. The second-order valence-electron chi connectivity index (χ2n) is 4.25. The zero-order valence-corrected chi connectivity index (χ0v) is 12.4. The fourth-order valence-corrected chi connectivity index (χ4v) is 3.71. The van der Waals surface area contributed by atoms with E-state index < -0.39 is 25.7 Å². The molecule has 2 rings (SSSR count). The summed E-state index contributed by atoms with van der Waals surface area (Å²) < 4.78 is 26.2. The minimum Gasteiger partial charge on any atom is -0.314 e. The third-order valence-corrected chi connectivity index (χ3v) is 4.90. The standard InChI is InChI=1S/C10H14N4O4S.ClH/c1-8-7-11-5-6-13(8)19(17,18)10-9(14(15)16)3-2-4-12-10;/h2-4,8,11H,5-7H2,1H3;1H. The monoisotopic (exact) mass is 322 g/mol. The van der Waals surface area contributed by atoms with Crippen LogP contribution in [-0.2, 0) is 10.0 Å². The number of aromatic nitrogens is 1. The highest BCUT2D eigenvalue weighted by Crippen LogP contribution is 2.25. The second-order valence-corrected chi connectivity index (χ2v) is 6.06. The van der Waals surface area contributed by atoms with E-state index in [1.165, 1.54) is 16.6 Å². The van der Waals surface area contributed by atoms with Crippen LogP contribution in [0.5, 0.6) is 0 Å². The summed E-state index contributed by atoms with van der Waals surface area (Å²) in [6, 6.07) is 2.23. The first kappa shape index (κ1) is 16.8. The highest BCUT2D eigenvalue weighted by atomic mass is 35.5. The maximum absolute atomic E-state index is 12.5. The molecule has 1 unspecified atom stereocenters. The summed E-state index contributed by atoms with van der Waals surface area (Å²) in [6.07, 6.45) is 1.24. The number of hydrogen-bond acceptors (Lipinski definition) is 6. The number of hydrogen-bond donors (Lipinski definition) is 1. The largest absolute Gasteiger partial charge is 0.314 e. The molecule has 1 aliphatic rings. The van der Waals surface area contributed by atoms with Crippen molar-refractivity contribution in [3.05, 3.63) is 28.4 Å². The van der Waals surface area contributed by atoms with E-state index in [4.69, 9.17) is 0 Å². The minimum atomic E-state index is -3.95. The molecule has 1 fully saturated rings. The number of rotatable bonds is 3. The van der Waals surface area contributed by atoms with Gasteiger partial charge in [-0.3, -0.25) is 10.1 Å². The number of nitro groups is 1. The van der Waals surface area contributed by atoms with Gasteiger partial charge < -0.3 is 5.32 Å². The Balaban J connectivity index is 0.00000200. The summed E-state index contributed by atoms with van der Waals surface area (Å²) in [6.45, 7) is 3.06. The van der Waals surface area contributed by atoms with Gasteiger partial charge >= 0.3 is 5.69 Å². The molecule has 0 spiro atoms. The van der Waals surface area contributed by atoms with Crippen LogP contribution in [0.1, 0.15) is 6.92 Å².